The Balaban J connectivity index is 1.04. The number of hydrogen-bond donors (Lipinski definition) is 0. The number of para-hydroxylation sites is 1. The highest BCUT2D eigenvalue weighted by molar-refractivity contribution is 6.18. The van der Waals surface area contributed by atoms with Crippen molar-refractivity contribution in [2.24, 2.45) is 0 Å². The van der Waals surface area contributed by atoms with Gasteiger partial charge in [-0.3, -0.25) is 4.98 Å². The van der Waals surface area contributed by atoms with Gasteiger partial charge in [-0.1, -0.05) is 140 Å². The van der Waals surface area contributed by atoms with E-state index in [1.807, 2.05) is 24.3 Å². The van der Waals surface area contributed by atoms with Gasteiger partial charge in [0.2, 0.25) is 0 Å². The lowest BCUT2D eigenvalue weighted by Gasteiger charge is -2.14. The fourth-order valence-corrected chi connectivity index (χ4v) is 8.66. The molecule has 0 atom stereocenters. The molecule has 6 nitrogen and oxygen atoms in total. The number of furan rings is 1. The molecule has 12 aromatic rings. The Morgan fingerprint density at radius 2 is 1.09 bits per heavy atom. The first kappa shape index (κ1) is 32.3. The van der Waals surface area contributed by atoms with E-state index in [9.17, 15) is 0 Å². The van der Waals surface area contributed by atoms with Crippen molar-refractivity contribution < 1.29 is 4.42 Å². The molecule has 0 spiro atoms. The van der Waals surface area contributed by atoms with E-state index in [4.69, 9.17) is 19.4 Å². The molecule has 0 fully saturated rings. The first-order valence-electron chi connectivity index (χ1n) is 19.4. The van der Waals surface area contributed by atoms with Crippen LogP contribution in [0.2, 0.25) is 0 Å². The van der Waals surface area contributed by atoms with Crippen LogP contribution >= 0.6 is 0 Å². The van der Waals surface area contributed by atoms with Gasteiger partial charge in [0.1, 0.15) is 5.58 Å². The van der Waals surface area contributed by atoms with E-state index in [0.29, 0.717) is 17.5 Å². The summed E-state index contributed by atoms with van der Waals surface area (Å²) in [5, 5.41) is 9.12. The molecule has 6 heteroatoms. The first-order valence-corrected chi connectivity index (χ1v) is 19.4. The van der Waals surface area contributed by atoms with E-state index < -0.39 is 0 Å². The molecular weight excluding hydrogens is 711 g/mol. The summed E-state index contributed by atoms with van der Waals surface area (Å²) in [4.78, 5) is 20.0. The van der Waals surface area contributed by atoms with Crippen LogP contribution in [-0.2, 0) is 0 Å². The molecule has 0 aliphatic carbocycles. The summed E-state index contributed by atoms with van der Waals surface area (Å²) in [6.45, 7) is 0. The summed E-state index contributed by atoms with van der Waals surface area (Å²) in [7, 11) is 0. The lowest BCUT2D eigenvalue weighted by Crippen LogP contribution is -2.01. The zero-order chi connectivity index (χ0) is 38.2. The predicted octanol–water partition coefficient (Wildman–Crippen LogP) is 13.2. The van der Waals surface area contributed by atoms with Crippen molar-refractivity contribution in [2.75, 3.05) is 0 Å². The van der Waals surface area contributed by atoms with Gasteiger partial charge in [0.15, 0.2) is 23.1 Å². The van der Waals surface area contributed by atoms with Crippen LogP contribution < -0.4 is 0 Å². The summed E-state index contributed by atoms with van der Waals surface area (Å²) < 4.78 is 8.63. The van der Waals surface area contributed by atoms with Gasteiger partial charge in [-0.2, -0.15) is 0 Å². The second kappa shape index (κ2) is 12.8. The van der Waals surface area contributed by atoms with Gasteiger partial charge >= 0.3 is 0 Å². The fourth-order valence-electron chi connectivity index (χ4n) is 8.66. The summed E-state index contributed by atoms with van der Waals surface area (Å²) in [6, 6.07) is 61.7. The lowest BCUT2D eigenvalue weighted by atomic mass is 9.98. The normalized spacial score (nSPS) is 11.8. The molecule has 4 aromatic heterocycles. The van der Waals surface area contributed by atoms with Crippen LogP contribution in [0.15, 0.2) is 193 Å². The molecule has 4 heterocycles. The van der Waals surface area contributed by atoms with Crippen molar-refractivity contribution >= 4 is 65.3 Å². The van der Waals surface area contributed by atoms with Crippen LogP contribution in [0.3, 0.4) is 0 Å². The average Bonchev–Trinajstić information content (AvgIpc) is 3.85. The third kappa shape index (κ3) is 5.05. The SMILES string of the molecule is c1ccc(-c2nc(-c3ccc4ccccc4c3)nc(-c3cccc4oc5cnccc5c34)n2)c(-c2ccc(-n3c4ccccc4c4ccc5ccccc5c43)cc2)c1. The van der Waals surface area contributed by atoms with Gasteiger partial charge in [-0.05, 0) is 63.7 Å². The van der Waals surface area contributed by atoms with E-state index in [2.05, 4.69) is 161 Å². The zero-order valence-electron chi connectivity index (χ0n) is 31.0. The topological polar surface area (TPSA) is 69.6 Å². The molecule has 270 valence electrons. The Labute approximate surface area is 332 Å². The van der Waals surface area contributed by atoms with Gasteiger partial charge in [0, 0.05) is 55.5 Å². The summed E-state index contributed by atoms with van der Waals surface area (Å²) in [5.74, 6) is 1.76. The Morgan fingerprint density at radius 1 is 0.414 bits per heavy atom. The average molecular weight is 742 g/mol. The largest absolute Gasteiger partial charge is 0.454 e. The zero-order valence-corrected chi connectivity index (χ0v) is 31.0. The molecule has 0 bridgehead atoms. The Bertz CT molecular complexity index is 3580. The van der Waals surface area contributed by atoms with E-state index >= 15 is 0 Å². The molecule has 0 N–H and O–H groups in total. The number of aromatic nitrogens is 5. The van der Waals surface area contributed by atoms with Gasteiger partial charge in [0.05, 0.1) is 17.2 Å². The first-order chi connectivity index (χ1) is 28.7. The fraction of sp³-hybridized carbons (Fsp3) is 0. The minimum Gasteiger partial charge on any atom is -0.454 e. The third-order valence-electron chi connectivity index (χ3n) is 11.3. The van der Waals surface area contributed by atoms with Crippen LogP contribution in [0.5, 0.6) is 0 Å². The number of fused-ring (bicyclic) bond motifs is 9. The van der Waals surface area contributed by atoms with Crippen LogP contribution in [-0.4, -0.2) is 24.5 Å². The summed E-state index contributed by atoms with van der Waals surface area (Å²) >= 11 is 0. The van der Waals surface area contributed by atoms with Crippen LogP contribution in [0.4, 0.5) is 0 Å². The van der Waals surface area contributed by atoms with E-state index in [0.717, 1.165) is 66.2 Å². The summed E-state index contributed by atoms with van der Waals surface area (Å²) in [5.41, 5.74) is 9.75. The highest BCUT2D eigenvalue weighted by atomic mass is 16.3. The van der Waals surface area contributed by atoms with Crippen molar-refractivity contribution in [2.45, 2.75) is 0 Å². The quantitative estimate of drug-likeness (QED) is 0.176. The minimum atomic E-state index is 0.571. The molecule has 12 rings (SSSR count). The Kier molecular flexibility index (Phi) is 7.13. The molecule has 0 radical (unpaired) electrons. The number of benzene rings is 8. The second-order valence-electron chi connectivity index (χ2n) is 14.6. The second-order valence-corrected chi connectivity index (χ2v) is 14.6. The molecule has 0 unspecified atom stereocenters. The maximum Gasteiger partial charge on any atom is 0.164 e. The monoisotopic (exact) mass is 741 g/mol. The van der Waals surface area contributed by atoms with Gasteiger partial charge in [-0.15, -0.1) is 0 Å². The highest BCUT2D eigenvalue weighted by Gasteiger charge is 2.20. The van der Waals surface area contributed by atoms with Gasteiger partial charge in [0.25, 0.3) is 0 Å². The molecular formula is C52H31N5O. The van der Waals surface area contributed by atoms with Crippen molar-refractivity contribution in [3.63, 3.8) is 0 Å². The van der Waals surface area contributed by atoms with Crippen LogP contribution in [0.25, 0.3) is 116 Å². The molecule has 0 aliphatic rings. The van der Waals surface area contributed by atoms with Gasteiger partial charge in [-0.25, -0.2) is 15.0 Å². The number of hydrogen-bond acceptors (Lipinski definition) is 5. The highest BCUT2D eigenvalue weighted by Crippen LogP contribution is 2.40. The molecule has 0 amide bonds. The van der Waals surface area contributed by atoms with E-state index in [1.54, 1.807) is 12.4 Å². The Hall–Kier alpha value is -7.96. The molecule has 58 heavy (non-hydrogen) atoms. The predicted molar refractivity (Wildman–Crippen MR) is 236 cm³/mol. The van der Waals surface area contributed by atoms with Gasteiger partial charge < -0.3 is 8.98 Å². The Morgan fingerprint density at radius 3 is 1.97 bits per heavy atom. The van der Waals surface area contributed by atoms with Crippen molar-refractivity contribution in [3.05, 3.63) is 188 Å². The standard InChI is InChI=1S/C52H31N5O/c1-2-12-35-30-36(21-20-32(35)10-1)50-54-51(56-52(55-50)44-17-9-19-46-48(44)43-28-29-53-31-47(43)58-46)42-16-6-5-13-38(42)34-22-25-37(26-23-34)57-45-18-8-7-15-40(45)41-27-24-33-11-3-4-14-39(33)49(41)57/h1-31H. The smallest absolute Gasteiger partial charge is 0.164 e. The molecule has 0 aliphatic heterocycles. The minimum absolute atomic E-state index is 0.571. The van der Waals surface area contributed by atoms with Crippen molar-refractivity contribution in [1.82, 2.24) is 24.5 Å². The molecule has 0 saturated heterocycles. The van der Waals surface area contributed by atoms with Crippen LogP contribution in [0, 0.1) is 0 Å². The maximum atomic E-state index is 6.24. The maximum absolute atomic E-state index is 6.24. The van der Waals surface area contributed by atoms with Crippen LogP contribution in [0.1, 0.15) is 0 Å². The molecule has 0 saturated carbocycles. The number of nitrogens with zero attached hydrogens (tertiary/aromatic N) is 5. The third-order valence-corrected chi connectivity index (χ3v) is 11.3. The van der Waals surface area contributed by atoms with E-state index in [1.165, 1.54) is 32.6 Å². The van der Waals surface area contributed by atoms with E-state index in [-0.39, 0.29) is 0 Å². The molecule has 8 aromatic carbocycles. The number of pyridine rings is 1. The summed E-state index contributed by atoms with van der Waals surface area (Å²) in [6.07, 6.45) is 3.54. The van der Waals surface area contributed by atoms with Crippen molar-refractivity contribution in [3.8, 4) is 51.0 Å². The van der Waals surface area contributed by atoms with Crippen molar-refractivity contribution in [1.29, 1.82) is 0 Å². The lowest BCUT2D eigenvalue weighted by molar-refractivity contribution is 0.667. The number of rotatable bonds is 5.